The fourth-order valence-corrected chi connectivity index (χ4v) is 1.67. The molecule has 1 aliphatic heterocycles. The molecule has 0 radical (unpaired) electrons. The van der Waals surface area contributed by atoms with Gasteiger partial charge in [-0.15, -0.1) is 0 Å². The van der Waals surface area contributed by atoms with Crippen LogP contribution in [0.25, 0.3) is 0 Å². The number of carbonyl (C=O) groups is 1. The van der Waals surface area contributed by atoms with E-state index in [0.29, 0.717) is 12.4 Å². The summed E-state index contributed by atoms with van der Waals surface area (Å²) in [5, 5.41) is 9.29. The van der Waals surface area contributed by atoms with Gasteiger partial charge in [0, 0.05) is 10.7 Å². The van der Waals surface area contributed by atoms with Gasteiger partial charge in [-0.25, -0.2) is 4.98 Å². The number of pyridine rings is 1. The molecule has 1 atom stereocenters. The molecule has 1 unspecified atom stereocenters. The molecular weight excluding hydrogens is 248 g/mol. The fourth-order valence-electron chi connectivity index (χ4n) is 1.44. The zero-order chi connectivity index (χ0) is 10.1. The molecule has 1 amide bonds. The Labute approximate surface area is 89.7 Å². The van der Waals surface area contributed by atoms with E-state index in [0.717, 1.165) is 4.47 Å². The normalized spacial score (nSPS) is 21.7. The van der Waals surface area contributed by atoms with Crippen LogP contribution in [-0.2, 0) is 4.79 Å². The summed E-state index contributed by atoms with van der Waals surface area (Å²) in [6.45, 7) is 0.341. The number of amides is 1. The fraction of sp³-hybridized carbons (Fsp3) is 0.333. The Morgan fingerprint density at radius 3 is 2.86 bits per heavy atom. The van der Waals surface area contributed by atoms with Crippen molar-refractivity contribution in [3.8, 4) is 0 Å². The van der Waals surface area contributed by atoms with Crippen LogP contribution in [0.2, 0.25) is 0 Å². The molecule has 0 aliphatic carbocycles. The van der Waals surface area contributed by atoms with Crippen molar-refractivity contribution in [3.63, 3.8) is 0 Å². The predicted molar refractivity (Wildman–Crippen MR) is 54.9 cm³/mol. The van der Waals surface area contributed by atoms with Crippen LogP contribution in [0.4, 0.5) is 5.82 Å². The highest BCUT2D eigenvalue weighted by molar-refractivity contribution is 9.10. The van der Waals surface area contributed by atoms with Gasteiger partial charge >= 0.3 is 0 Å². The summed E-state index contributed by atoms with van der Waals surface area (Å²) in [6, 6.07) is 3.57. The second-order valence-electron chi connectivity index (χ2n) is 3.20. The van der Waals surface area contributed by atoms with E-state index in [1.807, 2.05) is 6.07 Å². The number of hydrogen-bond acceptors (Lipinski definition) is 3. The van der Waals surface area contributed by atoms with Crippen molar-refractivity contribution in [2.45, 2.75) is 12.5 Å². The van der Waals surface area contributed by atoms with E-state index in [1.165, 1.54) is 4.90 Å². The molecule has 1 aromatic heterocycles. The SMILES string of the molecule is O=C1CC(O)CN1c1ccc(Br)cn1. The topological polar surface area (TPSA) is 53.4 Å². The number of hydrogen-bond donors (Lipinski definition) is 1. The molecule has 2 heterocycles. The zero-order valence-electron chi connectivity index (χ0n) is 7.35. The van der Waals surface area contributed by atoms with Crippen LogP contribution >= 0.6 is 15.9 Å². The Balaban J connectivity index is 2.23. The van der Waals surface area contributed by atoms with Crippen LogP contribution < -0.4 is 4.90 Å². The minimum atomic E-state index is -0.562. The predicted octanol–water partition coefficient (Wildman–Crippen LogP) is 0.942. The van der Waals surface area contributed by atoms with Gasteiger partial charge in [-0.3, -0.25) is 9.69 Å². The summed E-state index contributed by atoms with van der Waals surface area (Å²) in [4.78, 5) is 17.0. The van der Waals surface area contributed by atoms with E-state index in [4.69, 9.17) is 0 Å². The van der Waals surface area contributed by atoms with E-state index in [-0.39, 0.29) is 12.3 Å². The van der Waals surface area contributed by atoms with Gasteiger partial charge in [-0.2, -0.15) is 0 Å². The summed E-state index contributed by atoms with van der Waals surface area (Å²) in [5.74, 6) is 0.516. The number of carbonyl (C=O) groups excluding carboxylic acids is 1. The highest BCUT2D eigenvalue weighted by Gasteiger charge is 2.29. The second-order valence-corrected chi connectivity index (χ2v) is 4.11. The highest BCUT2D eigenvalue weighted by atomic mass is 79.9. The van der Waals surface area contributed by atoms with Gasteiger partial charge in [0.15, 0.2) is 0 Å². The average molecular weight is 257 g/mol. The number of aromatic nitrogens is 1. The van der Waals surface area contributed by atoms with Crippen LogP contribution in [-0.4, -0.2) is 28.6 Å². The van der Waals surface area contributed by atoms with E-state index >= 15 is 0 Å². The molecule has 74 valence electrons. The van der Waals surface area contributed by atoms with Gasteiger partial charge in [-0.1, -0.05) is 0 Å². The van der Waals surface area contributed by atoms with Crippen LogP contribution in [0.1, 0.15) is 6.42 Å². The lowest BCUT2D eigenvalue weighted by molar-refractivity contribution is -0.117. The quantitative estimate of drug-likeness (QED) is 0.814. The van der Waals surface area contributed by atoms with Gasteiger partial charge in [0.05, 0.1) is 19.1 Å². The van der Waals surface area contributed by atoms with Gasteiger partial charge in [0.1, 0.15) is 5.82 Å². The van der Waals surface area contributed by atoms with Crippen LogP contribution in [0.15, 0.2) is 22.8 Å². The zero-order valence-corrected chi connectivity index (χ0v) is 8.94. The Morgan fingerprint density at radius 1 is 1.57 bits per heavy atom. The van der Waals surface area contributed by atoms with Gasteiger partial charge in [0.2, 0.25) is 5.91 Å². The first kappa shape index (κ1) is 9.61. The Bertz CT molecular complexity index is 352. The Morgan fingerprint density at radius 2 is 2.36 bits per heavy atom. The Kier molecular flexibility index (Phi) is 2.52. The molecule has 1 N–H and O–H groups in total. The van der Waals surface area contributed by atoms with Crippen LogP contribution in [0.3, 0.4) is 0 Å². The van der Waals surface area contributed by atoms with Crippen LogP contribution in [0.5, 0.6) is 0 Å². The summed E-state index contributed by atoms with van der Waals surface area (Å²) >= 11 is 3.27. The second kappa shape index (κ2) is 3.67. The molecule has 4 nitrogen and oxygen atoms in total. The summed E-state index contributed by atoms with van der Waals surface area (Å²) in [7, 11) is 0. The highest BCUT2D eigenvalue weighted by Crippen LogP contribution is 2.20. The third kappa shape index (κ3) is 1.78. The molecular formula is C9H9BrN2O2. The van der Waals surface area contributed by atoms with Crippen molar-refractivity contribution in [1.82, 2.24) is 4.98 Å². The maximum Gasteiger partial charge on any atom is 0.230 e. The molecule has 5 heteroatoms. The van der Waals surface area contributed by atoms with Gasteiger partial charge in [-0.05, 0) is 28.1 Å². The lowest BCUT2D eigenvalue weighted by Crippen LogP contribution is -2.26. The van der Waals surface area contributed by atoms with Crippen LogP contribution in [0, 0.1) is 0 Å². The number of rotatable bonds is 1. The average Bonchev–Trinajstić information content (AvgIpc) is 2.47. The van der Waals surface area contributed by atoms with Crippen molar-refractivity contribution in [2.75, 3.05) is 11.4 Å². The molecule has 0 aromatic carbocycles. The van der Waals surface area contributed by atoms with E-state index in [1.54, 1.807) is 12.3 Å². The summed E-state index contributed by atoms with van der Waals surface area (Å²) in [6.07, 6.45) is 1.26. The number of aliphatic hydroxyl groups is 1. The lowest BCUT2D eigenvalue weighted by atomic mass is 10.3. The molecule has 0 saturated carbocycles. The van der Waals surface area contributed by atoms with Gasteiger partial charge < -0.3 is 5.11 Å². The number of anilines is 1. The van der Waals surface area contributed by atoms with Crippen molar-refractivity contribution in [1.29, 1.82) is 0 Å². The molecule has 1 saturated heterocycles. The molecule has 0 bridgehead atoms. The monoisotopic (exact) mass is 256 g/mol. The number of halogens is 1. The van der Waals surface area contributed by atoms with E-state index in [2.05, 4.69) is 20.9 Å². The molecule has 2 rings (SSSR count). The maximum atomic E-state index is 11.4. The maximum absolute atomic E-state index is 11.4. The summed E-state index contributed by atoms with van der Waals surface area (Å²) in [5.41, 5.74) is 0. The third-order valence-corrected chi connectivity index (χ3v) is 2.56. The van der Waals surface area contributed by atoms with Crippen molar-refractivity contribution in [2.24, 2.45) is 0 Å². The summed E-state index contributed by atoms with van der Waals surface area (Å²) < 4.78 is 0.869. The van der Waals surface area contributed by atoms with E-state index < -0.39 is 6.10 Å². The van der Waals surface area contributed by atoms with Gasteiger partial charge in [0.25, 0.3) is 0 Å². The molecule has 1 fully saturated rings. The van der Waals surface area contributed by atoms with E-state index in [9.17, 15) is 9.90 Å². The third-order valence-electron chi connectivity index (χ3n) is 2.09. The van der Waals surface area contributed by atoms with Crippen molar-refractivity contribution >= 4 is 27.7 Å². The Hall–Kier alpha value is -0.940. The first-order chi connectivity index (χ1) is 6.66. The molecule has 0 spiro atoms. The van der Waals surface area contributed by atoms with Crippen molar-refractivity contribution in [3.05, 3.63) is 22.8 Å². The van der Waals surface area contributed by atoms with Crippen molar-refractivity contribution < 1.29 is 9.90 Å². The standard InChI is InChI=1S/C9H9BrN2O2/c10-6-1-2-8(11-4-6)12-5-7(13)3-9(12)14/h1-2,4,7,13H,3,5H2. The lowest BCUT2D eigenvalue weighted by Gasteiger charge is -2.13. The number of β-amino-alcohol motifs (C(OH)–C–C–N with tert-alkyl or cyclic N) is 1. The smallest absolute Gasteiger partial charge is 0.230 e. The largest absolute Gasteiger partial charge is 0.391 e. The first-order valence-corrected chi connectivity index (χ1v) is 5.06. The minimum Gasteiger partial charge on any atom is -0.391 e. The molecule has 1 aromatic rings. The molecule has 14 heavy (non-hydrogen) atoms. The first-order valence-electron chi connectivity index (χ1n) is 4.27. The minimum absolute atomic E-state index is 0.0766. The molecule has 1 aliphatic rings. The number of nitrogens with zero attached hydrogens (tertiary/aromatic N) is 2. The number of aliphatic hydroxyl groups excluding tert-OH is 1.